The molecule has 2 N–H and O–H groups in total. The van der Waals surface area contributed by atoms with E-state index in [1.807, 2.05) is 0 Å². The van der Waals surface area contributed by atoms with E-state index in [9.17, 15) is 0 Å². The molecule has 2 unspecified atom stereocenters. The van der Waals surface area contributed by atoms with E-state index in [0.29, 0.717) is 6.10 Å². The number of nitrogens with zero attached hydrogens (tertiary/aromatic N) is 1. The topological polar surface area (TPSA) is 38.5 Å². The first-order chi connectivity index (χ1) is 7.43. The van der Waals surface area contributed by atoms with Gasteiger partial charge in [-0.3, -0.25) is 4.90 Å². The molecule has 0 saturated carbocycles. The Morgan fingerprint density at radius 2 is 2.12 bits per heavy atom. The van der Waals surface area contributed by atoms with Gasteiger partial charge in [-0.25, -0.2) is 0 Å². The van der Waals surface area contributed by atoms with Crippen LogP contribution in [0.15, 0.2) is 0 Å². The van der Waals surface area contributed by atoms with E-state index in [-0.39, 0.29) is 11.5 Å². The van der Waals surface area contributed by atoms with Gasteiger partial charge in [-0.1, -0.05) is 20.8 Å². The predicted molar refractivity (Wildman–Crippen MR) is 68.5 cm³/mol. The lowest BCUT2D eigenvalue weighted by Gasteiger charge is -2.37. The molecule has 1 saturated heterocycles. The van der Waals surface area contributed by atoms with Crippen molar-refractivity contribution in [2.24, 2.45) is 11.1 Å². The summed E-state index contributed by atoms with van der Waals surface area (Å²) in [6.45, 7) is 12.7. The first-order valence-electron chi connectivity index (χ1n) is 6.53. The number of ether oxygens (including phenoxy) is 1. The van der Waals surface area contributed by atoms with Gasteiger partial charge in [0.05, 0.1) is 6.10 Å². The van der Waals surface area contributed by atoms with Crippen molar-refractivity contribution in [3.05, 3.63) is 0 Å². The van der Waals surface area contributed by atoms with Crippen LogP contribution in [0.5, 0.6) is 0 Å². The van der Waals surface area contributed by atoms with Crippen molar-refractivity contribution in [1.82, 2.24) is 4.90 Å². The molecule has 16 heavy (non-hydrogen) atoms. The van der Waals surface area contributed by atoms with Crippen molar-refractivity contribution in [2.45, 2.75) is 52.7 Å². The van der Waals surface area contributed by atoms with E-state index in [1.54, 1.807) is 0 Å². The van der Waals surface area contributed by atoms with Crippen LogP contribution in [0, 0.1) is 5.41 Å². The van der Waals surface area contributed by atoms with Crippen LogP contribution < -0.4 is 5.73 Å². The predicted octanol–water partition coefficient (Wildman–Crippen LogP) is 1.86. The summed E-state index contributed by atoms with van der Waals surface area (Å²) in [6, 6.07) is 0.243. The zero-order chi connectivity index (χ0) is 12.2. The number of hydrogen-bond donors (Lipinski definition) is 1. The Kier molecular flexibility index (Phi) is 5.22. The molecule has 0 aromatic carbocycles. The molecule has 3 nitrogen and oxygen atoms in total. The maximum atomic E-state index is 6.22. The summed E-state index contributed by atoms with van der Waals surface area (Å²) in [6.07, 6.45) is 2.86. The molecular weight excluding hydrogens is 200 g/mol. The highest BCUT2D eigenvalue weighted by Crippen LogP contribution is 2.20. The molecule has 0 spiro atoms. The maximum Gasteiger partial charge on any atom is 0.0702 e. The van der Waals surface area contributed by atoms with E-state index < -0.39 is 0 Å². The van der Waals surface area contributed by atoms with Crippen LogP contribution in [0.3, 0.4) is 0 Å². The lowest BCUT2D eigenvalue weighted by atomic mass is 9.87. The average molecular weight is 228 g/mol. The molecule has 0 bridgehead atoms. The summed E-state index contributed by atoms with van der Waals surface area (Å²) in [5.41, 5.74) is 6.41. The molecule has 1 fully saturated rings. The van der Waals surface area contributed by atoms with Gasteiger partial charge in [0.2, 0.25) is 0 Å². The quantitative estimate of drug-likeness (QED) is 0.798. The van der Waals surface area contributed by atoms with Crippen LogP contribution in [-0.2, 0) is 4.74 Å². The molecular formula is C13H28N2O. The van der Waals surface area contributed by atoms with Crippen LogP contribution in [0.1, 0.15) is 40.5 Å². The van der Waals surface area contributed by atoms with E-state index >= 15 is 0 Å². The third kappa shape index (κ3) is 4.40. The number of piperidine rings is 1. The van der Waals surface area contributed by atoms with E-state index in [4.69, 9.17) is 10.5 Å². The normalized spacial score (nSPS) is 25.7. The summed E-state index contributed by atoms with van der Waals surface area (Å²) in [7, 11) is 0. The molecule has 0 amide bonds. The van der Waals surface area contributed by atoms with Crippen molar-refractivity contribution < 1.29 is 4.74 Å². The van der Waals surface area contributed by atoms with Crippen LogP contribution in [0.2, 0.25) is 0 Å². The molecule has 0 radical (unpaired) electrons. The van der Waals surface area contributed by atoms with Crippen molar-refractivity contribution in [3.63, 3.8) is 0 Å². The van der Waals surface area contributed by atoms with Gasteiger partial charge >= 0.3 is 0 Å². The minimum absolute atomic E-state index is 0.193. The number of hydrogen-bond acceptors (Lipinski definition) is 3. The summed E-state index contributed by atoms with van der Waals surface area (Å²) in [5.74, 6) is 0. The summed E-state index contributed by atoms with van der Waals surface area (Å²) < 4.78 is 5.70. The standard InChI is InChI=1S/C13H28N2O/c1-5-16-11-7-6-8-15(9-11)10-12(14)13(2,3)4/h11-12H,5-10,14H2,1-4H3. The number of likely N-dealkylation sites (tertiary alicyclic amines) is 1. The fourth-order valence-corrected chi connectivity index (χ4v) is 2.10. The zero-order valence-electron chi connectivity index (χ0n) is 11.3. The Labute approximate surface area is 100 Å². The van der Waals surface area contributed by atoms with Gasteiger partial charge in [0, 0.05) is 25.7 Å². The molecule has 0 aromatic heterocycles. The van der Waals surface area contributed by atoms with Gasteiger partial charge in [-0.15, -0.1) is 0 Å². The fraction of sp³-hybridized carbons (Fsp3) is 1.00. The first kappa shape index (κ1) is 13.9. The smallest absolute Gasteiger partial charge is 0.0702 e. The minimum Gasteiger partial charge on any atom is -0.377 e. The second-order valence-corrected chi connectivity index (χ2v) is 5.95. The Balaban J connectivity index is 2.37. The van der Waals surface area contributed by atoms with Crippen LogP contribution in [-0.4, -0.2) is 43.3 Å². The van der Waals surface area contributed by atoms with Crippen molar-refractivity contribution in [3.8, 4) is 0 Å². The van der Waals surface area contributed by atoms with Crippen molar-refractivity contribution in [2.75, 3.05) is 26.2 Å². The van der Waals surface area contributed by atoms with Gasteiger partial charge < -0.3 is 10.5 Å². The number of rotatable bonds is 4. The monoisotopic (exact) mass is 228 g/mol. The highest BCUT2D eigenvalue weighted by molar-refractivity contribution is 4.83. The van der Waals surface area contributed by atoms with Gasteiger partial charge in [-0.2, -0.15) is 0 Å². The molecule has 1 aliphatic rings. The summed E-state index contributed by atoms with van der Waals surface area (Å²) in [4.78, 5) is 2.46. The molecule has 1 rings (SSSR count). The van der Waals surface area contributed by atoms with Crippen molar-refractivity contribution in [1.29, 1.82) is 0 Å². The fourth-order valence-electron chi connectivity index (χ4n) is 2.10. The third-order valence-electron chi connectivity index (χ3n) is 3.43. The minimum atomic E-state index is 0.193. The van der Waals surface area contributed by atoms with Crippen LogP contribution in [0.4, 0.5) is 0 Å². The Morgan fingerprint density at radius 1 is 1.44 bits per heavy atom. The van der Waals surface area contributed by atoms with Crippen LogP contribution >= 0.6 is 0 Å². The lowest BCUT2D eigenvalue weighted by Crippen LogP contribution is -2.49. The summed E-state index contributed by atoms with van der Waals surface area (Å²) >= 11 is 0. The molecule has 0 aliphatic carbocycles. The van der Waals surface area contributed by atoms with E-state index in [2.05, 4.69) is 32.6 Å². The van der Waals surface area contributed by atoms with Gasteiger partial charge in [0.1, 0.15) is 0 Å². The molecule has 0 aromatic rings. The van der Waals surface area contributed by atoms with E-state index in [0.717, 1.165) is 19.7 Å². The molecule has 96 valence electrons. The second-order valence-electron chi connectivity index (χ2n) is 5.95. The average Bonchev–Trinajstić information content (AvgIpc) is 2.17. The van der Waals surface area contributed by atoms with E-state index in [1.165, 1.54) is 19.4 Å². The Bertz CT molecular complexity index is 199. The number of nitrogens with two attached hydrogens (primary N) is 1. The lowest BCUT2D eigenvalue weighted by molar-refractivity contribution is 0.00146. The van der Waals surface area contributed by atoms with Gasteiger partial charge in [0.25, 0.3) is 0 Å². The molecule has 3 heteroatoms. The SMILES string of the molecule is CCOC1CCCN(CC(N)C(C)(C)C)C1. The molecule has 1 aliphatic heterocycles. The largest absolute Gasteiger partial charge is 0.377 e. The summed E-state index contributed by atoms with van der Waals surface area (Å²) in [5, 5.41) is 0. The van der Waals surface area contributed by atoms with Crippen LogP contribution in [0.25, 0.3) is 0 Å². The molecule has 2 atom stereocenters. The maximum absolute atomic E-state index is 6.22. The highest BCUT2D eigenvalue weighted by Gasteiger charge is 2.26. The Morgan fingerprint density at radius 3 is 2.69 bits per heavy atom. The van der Waals surface area contributed by atoms with Crippen molar-refractivity contribution >= 4 is 0 Å². The third-order valence-corrected chi connectivity index (χ3v) is 3.43. The van der Waals surface area contributed by atoms with Gasteiger partial charge in [-0.05, 0) is 31.7 Å². The second kappa shape index (κ2) is 5.99. The zero-order valence-corrected chi connectivity index (χ0v) is 11.3. The van der Waals surface area contributed by atoms with Gasteiger partial charge in [0.15, 0.2) is 0 Å². The molecule has 1 heterocycles. The first-order valence-corrected chi connectivity index (χ1v) is 6.53. The Hall–Kier alpha value is -0.120. The highest BCUT2D eigenvalue weighted by atomic mass is 16.5.